The Morgan fingerprint density at radius 1 is 1.19 bits per heavy atom. The molecule has 0 aromatic heterocycles. The second-order valence-corrected chi connectivity index (χ2v) is 10.4. The van der Waals surface area contributed by atoms with Crippen LogP contribution in [0, 0.1) is 11.3 Å². The molecule has 21 heavy (non-hydrogen) atoms. The first kappa shape index (κ1) is 17.4. The fourth-order valence-electron chi connectivity index (χ4n) is 1.37. The van der Waals surface area contributed by atoms with Crippen molar-refractivity contribution in [2.45, 2.75) is 30.4 Å². The van der Waals surface area contributed by atoms with Crippen LogP contribution in [0.2, 0.25) is 0 Å². The van der Waals surface area contributed by atoms with Crippen LogP contribution >= 0.6 is 0 Å². The summed E-state index contributed by atoms with van der Waals surface area (Å²) >= 11 is 0. The average molecular weight is 326 g/mol. The van der Waals surface area contributed by atoms with Gasteiger partial charge in [-0.25, -0.2) is 17.0 Å². The van der Waals surface area contributed by atoms with Gasteiger partial charge in [0.1, 0.15) is 6.07 Å². The van der Waals surface area contributed by atoms with E-state index in [-0.39, 0.29) is 0 Å². The van der Waals surface area contributed by atoms with Gasteiger partial charge in [-0.3, -0.25) is 0 Å². The van der Waals surface area contributed by atoms with Crippen LogP contribution in [0.15, 0.2) is 50.7 Å². The summed E-state index contributed by atoms with van der Waals surface area (Å²) in [6, 6.07) is 10.1. The Labute approximate surface area is 126 Å². The van der Waals surface area contributed by atoms with E-state index in [1.54, 1.807) is 36.4 Å². The maximum Gasteiger partial charge on any atom is 0.194 e. The Morgan fingerprint density at radius 2 is 1.71 bits per heavy atom. The van der Waals surface area contributed by atoms with Gasteiger partial charge >= 0.3 is 0 Å². The van der Waals surface area contributed by atoms with Crippen molar-refractivity contribution in [1.82, 2.24) is 0 Å². The van der Waals surface area contributed by atoms with Crippen LogP contribution in [0.5, 0.6) is 0 Å². The molecule has 5 nitrogen and oxygen atoms in total. The molecule has 0 heterocycles. The Morgan fingerprint density at radius 3 is 2.14 bits per heavy atom. The fraction of sp³-hybridized carbons (Fsp3) is 0.357. The molecule has 0 saturated heterocycles. The van der Waals surface area contributed by atoms with Crippen molar-refractivity contribution in [1.29, 1.82) is 5.26 Å². The number of sulfone groups is 1. The average Bonchev–Trinajstić information content (AvgIpc) is 2.38. The van der Waals surface area contributed by atoms with Crippen LogP contribution in [0.4, 0.5) is 0 Å². The zero-order valence-corrected chi connectivity index (χ0v) is 14.0. The van der Waals surface area contributed by atoms with Crippen molar-refractivity contribution in [3.8, 4) is 6.07 Å². The number of hydrogen-bond donors (Lipinski definition) is 0. The van der Waals surface area contributed by atoms with Gasteiger partial charge in [0.15, 0.2) is 14.7 Å². The fourth-order valence-corrected chi connectivity index (χ4v) is 3.50. The zero-order valence-electron chi connectivity index (χ0n) is 12.4. The topological polar surface area (TPSA) is 87.4 Å². The molecule has 0 saturated carbocycles. The molecule has 0 radical (unpaired) electrons. The Hall–Kier alpha value is -1.65. The third kappa shape index (κ3) is 3.93. The van der Waals surface area contributed by atoms with Gasteiger partial charge in [-0.1, -0.05) is 18.2 Å². The molecule has 0 aliphatic rings. The molecule has 0 bridgehead atoms. The van der Waals surface area contributed by atoms with Crippen molar-refractivity contribution >= 4 is 19.6 Å². The van der Waals surface area contributed by atoms with Crippen LogP contribution in [-0.2, 0) is 19.6 Å². The number of hydrogen-bond acceptors (Lipinski definition) is 5. The molecule has 0 spiro atoms. The van der Waals surface area contributed by atoms with Crippen LogP contribution in [0.25, 0.3) is 0 Å². The first-order chi connectivity index (χ1) is 9.52. The minimum atomic E-state index is -3.81. The molecular formula is C14H18N2O3S2. The summed E-state index contributed by atoms with van der Waals surface area (Å²) in [4.78, 5) is -0.00722. The van der Waals surface area contributed by atoms with Gasteiger partial charge in [0.2, 0.25) is 0 Å². The zero-order chi connectivity index (χ0) is 16.3. The van der Waals surface area contributed by atoms with Crippen LogP contribution < -0.4 is 0 Å². The molecular weight excluding hydrogens is 308 g/mol. The standard InChI is InChI=1S/C14H18N2O3S2/c1-14(2,3)21(18,19)13(10-15)11-16-20(4,17)12-8-6-5-7-9-12/h5-9,11H,1-4H3/b13-11+/t20-/m1/s1. The summed E-state index contributed by atoms with van der Waals surface area (Å²) < 4.78 is 39.6. The normalized spacial score (nSPS) is 15.9. The predicted octanol–water partition coefficient (Wildman–Crippen LogP) is 2.72. The van der Waals surface area contributed by atoms with E-state index >= 15 is 0 Å². The van der Waals surface area contributed by atoms with Crippen molar-refractivity contribution in [3.05, 3.63) is 41.4 Å². The summed E-state index contributed by atoms with van der Waals surface area (Å²) in [5.41, 5.74) is 0. The molecule has 0 unspecified atom stereocenters. The maximum absolute atomic E-state index is 12.5. The SMILES string of the molecule is CC(C)(C)S(=O)(=O)/C(C#N)=C/N=[S@](C)(=O)c1ccccc1. The van der Waals surface area contributed by atoms with Gasteiger partial charge < -0.3 is 0 Å². The van der Waals surface area contributed by atoms with Crippen molar-refractivity contribution in [3.63, 3.8) is 0 Å². The van der Waals surface area contributed by atoms with E-state index in [4.69, 9.17) is 5.26 Å². The van der Waals surface area contributed by atoms with Gasteiger partial charge in [0.25, 0.3) is 0 Å². The van der Waals surface area contributed by atoms with Gasteiger partial charge in [-0.15, -0.1) is 0 Å². The quantitative estimate of drug-likeness (QED) is 0.799. The highest BCUT2D eigenvalue weighted by Gasteiger charge is 2.33. The second-order valence-electron chi connectivity index (χ2n) is 5.44. The van der Waals surface area contributed by atoms with Crippen molar-refractivity contribution in [2.75, 3.05) is 6.26 Å². The highest BCUT2D eigenvalue weighted by atomic mass is 32.2. The summed E-state index contributed by atoms with van der Waals surface area (Å²) in [6.45, 7) is 4.48. The molecule has 0 aliphatic carbocycles. The molecule has 0 amide bonds. The maximum atomic E-state index is 12.5. The molecule has 0 aliphatic heterocycles. The first-order valence-corrected chi connectivity index (χ1v) is 9.54. The molecule has 1 rings (SSSR count). The van der Waals surface area contributed by atoms with E-state index in [0.717, 1.165) is 6.20 Å². The smallest absolute Gasteiger partial charge is 0.194 e. The minimum absolute atomic E-state index is 0.478. The van der Waals surface area contributed by atoms with Gasteiger partial charge in [-0.05, 0) is 32.9 Å². The monoisotopic (exact) mass is 326 g/mol. The molecule has 0 fully saturated rings. The third-order valence-corrected chi connectivity index (χ3v) is 6.80. The molecule has 7 heteroatoms. The summed E-state index contributed by atoms with van der Waals surface area (Å²) in [5.74, 6) is 0. The largest absolute Gasteiger partial charge is 0.245 e. The molecule has 1 atom stereocenters. The molecule has 114 valence electrons. The molecule has 1 aromatic rings. The first-order valence-electron chi connectivity index (χ1n) is 6.13. The lowest BCUT2D eigenvalue weighted by molar-refractivity contribution is 0.568. The van der Waals surface area contributed by atoms with Gasteiger partial charge in [-0.2, -0.15) is 5.26 Å². The lowest BCUT2D eigenvalue weighted by atomic mass is 10.3. The van der Waals surface area contributed by atoms with Crippen LogP contribution in [-0.4, -0.2) is 23.6 Å². The van der Waals surface area contributed by atoms with E-state index in [1.165, 1.54) is 27.0 Å². The van der Waals surface area contributed by atoms with Crippen molar-refractivity contribution < 1.29 is 12.6 Å². The summed E-state index contributed by atoms with van der Waals surface area (Å²) in [5, 5.41) is 9.04. The van der Waals surface area contributed by atoms with E-state index < -0.39 is 29.2 Å². The summed E-state index contributed by atoms with van der Waals surface area (Å²) in [7, 11) is -6.60. The van der Waals surface area contributed by atoms with E-state index in [2.05, 4.69) is 4.36 Å². The predicted molar refractivity (Wildman–Crippen MR) is 83.6 cm³/mol. The highest BCUT2D eigenvalue weighted by Crippen LogP contribution is 2.23. The number of rotatable bonds is 3. The lowest BCUT2D eigenvalue weighted by Crippen LogP contribution is -2.28. The Balaban J connectivity index is 3.40. The minimum Gasteiger partial charge on any atom is -0.245 e. The third-order valence-electron chi connectivity index (χ3n) is 2.76. The number of benzene rings is 1. The van der Waals surface area contributed by atoms with Crippen molar-refractivity contribution in [2.24, 2.45) is 4.36 Å². The Bertz CT molecular complexity index is 802. The van der Waals surface area contributed by atoms with E-state index in [1.807, 2.05) is 0 Å². The molecule has 1 aromatic carbocycles. The number of nitrogens with zero attached hydrogens (tertiary/aromatic N) is 2. The van der Waals surface area contributed by atoms with Crippen LogP contribution in [0.1, 0.15) is 20.8 Å². The second kappa shape index (κ2) is 6.00. The van der Waals surface area contributed by atoms with Crippen LogP contribution in [0.3, 0.4) is 0 Å². The van der Waals surface area contributed by atoms with Gasteiger partial charge in [0.05, 0.1) is 20.7 Å². The molecule has 0 N–H and O–H groups in total. The van der Waals surface area contributed by atoms with Gasteiger partial charge in [0, 0.05) is 11.2 Å². The summed E-state index contributed by atoms with van der Waals surface area (Å²) in [6.07, 6.45) is 2.30. The lowest BCUT2D eigenvalue weighted by Gasteiger charge is -2.17. The number of allylic oxidation sites excluding steroid dienone is 1. The highest BCUT2D eigenvalue weighted by molar-refractivity contribution is 7.96. The van der Waals surface area contributed by atoms with E-state index in [0.29, 0.717) is 4.90 Å². The number of nitriles is 1. The Kier molecular flexibility index (Phi) is 4.97. The van der Waals surface area contributed by atoms with E-state index in [9.17, 15) is 12.6 Å².